The van der Waals surface area contributed by atoms with Gasteiger partial charge >= 0.3 is 5.97 Å². The fourth-order valence-corrected chi connectivity index (χ4v) is 3.61. The number of nitrogens with zero attached hydrogens (tertiary/aromatic N) is 2. The largest absolute Gasteiger partial charge is 0.479 e. The number of rotatable bonds is 8. The zero-order chi connectivity index (χ0) is 23.6. The van der Waals surface area contributed by atoms with Crippen LogP contribution in [0.4, 0.5) is 10.1 Å². The molecule has 0 aliphatic rings. The maximum absolute atomic E-state index is 13.3. The van der Waals surface area contributed by atoms with Gasteiger partial charge in [-0.1, -0.05) is 26.0 Å². The van der Waals surface area contributed by atoms with Crippen LogP contribution in [0.3, 0.4) is 0 Å². The first-order chi connectivity index (χ1) is 15.2. The summed E-state index contributed by atoms with van der Waals surface area (Å²) in [6, 6.07) is 6.70. The van der Waals surface area contributed by atoms with Gasteiger partial charge in [0.25, 0.3) is 0 Å². The first-order valence-electron chi connectivity index (χ1n) is 10.2. The fraction of sp³-hybridized carbons (Fsp3) is 0.348. The van der Waals surface area contributed by atoms with E-state index in [0.29, 0.717) is 5.69 Å². The van der Waals surface area contributed by atoms with Crippen molar-refractivity contribution >= 4 is 22.7 Å². The molecule has 0 saturated carbocycles. The Bertz CT molecular complexity index is 1190. The van der Waals surface area contributed by atoms with E-state index in [1.807, 2.05) is 20.8 Å². The molecule has 0 amide bonds. The van der Waals surface area contributed by atoms with Crippen LogP contribution in [0.1, 0.15) is 48.8 Å². The predicted octanol–water partition coefficient (Wildman–Crippen LogP) is 3.60. The molecule has 8 nitrogen and oxygen atoms in total. The monoisotopic (exact) mass is 443 g/mol. The second-order valence-electron chi connectivity index (χ2n) is 7.91. The Labute approximate surface area is 184 Å². The van der Waals surface area contributed by atoms with Crippen LogP contribution in [-0.4, -0.2) is 39.5 Å². The second kappa shape index (κ2) is 9.35. The maximum Gasteiger partial charge on any atom is 0.341 e. The lowest BCUT2D eigenvalue weighted by Crippen LogP contribution is -2.26. The molecule has 0 bridgehead atoms. The van der Waals surface area contributed by atoms with Crippen molar-refractivity contribution in [1.82, 2.24) is 9.55 Å². The number of anilines is 1. The molecule has 1 aromatic carbocycles. The second-order valence-corrected chi connectivity index (χ2v) is 7.91. The van der Waals surface area contributed by atoms with E-state index in [1.54, 1.807) is 12.1 Å². The van der Waals surface area contributed by atoms with E-state index in [2.05, 4.69) is 10.3 Å². The van der Waals surface area contributed by atoms with Crippen molar-refractivity contribution in [1.29, 1.82) is 0 Å². The minimum absolute atomic E-state index is 0.0589. The van der Waals surface area contributed by atoms with Gasteiger partial charge in [0.05, 0.1) is 30.8 Å². The van der Waals surface area contributed by atoms with E-state index in [4.69, 9.17) is 4.74 Å². The molecule has 0 aliphatic carbocycles. The zero-order valence-electron chi connectivity index (χ0n) is 18.3. The van der Waals surface area contributed by atoms with Gasteiger partial charge in [-0.25, -0.2) is 9.18 Å². The summed E-state index contributed by atoms with van der Waals surface area (Å²) in [4.78, 5) is 29.2. The minimum Gasteiger partial charge on any atom is -0.479 e. The van der Waals surface area contributed by atoms with Gasteiger partial charge in [0, 0.05) is 12.2 Å². The number of aliphatic hydroxyl groups is 1. The summed E-state index contributed by atoms with van der Waals surface area (Å²) in [6.07, 6.45) is 1.22. The molecular weight excluding hydrogens is 417 g/mol. The van der Waals surface area contributed by atoms with Crippen LogP contribution in [0.25, 0.3) is 11.0 Å². The SMILES string of the molecule is COc1nc2c(cc1N[C@H](C)c1ccc(F)cc1)c(=O)c(C(=O)O)cn2[C@H](CO)C(C)C. The lowest BCUT2D eigenvalue weighted by Gasteiger charge is -2.25. The van der Waals surface area contributed by atoms with E-state index in [9.17, 15) is 24.2 Å². The number of carboxylic acid groups (broad SMARTS) is 1. The van der Waals surface area contributed by atoms with Gasteiger partial charge in [-0.2, -0.15) is 4.98 Å². The smallest absolute Gasteiger partial charge is 0.341 e. The minimum atomic E-state index is -1.36. The number of carbonyl (C=O) groups is 1. The van der Waals surface area contributed by atoms with Crippen molar-refractivity contribution in [2.45, 2.75) is 32.9 Å². The third-order valence-corrected chi connectivity index (χ3v) is 5.45. The Morgan fingerprint density at radius 3 is 2.44 bits per heavy atom. The molecule has 0 spiro atoms. The third-order valence-electron chi connectivity index (χ3n) is 5.45. The van der Waals surface area contributed by atoms with Crippen molar-refractivity contribution in [3.63, 3.8) is 0 Å². The highest BCUT2D eigenvalue weighted by molar-refractivity contribution is 5.93. The Morgan fingerprint density at radius 1 is 1.25 bits per heavy atom. The van der Waals surface area contributed by atoms with Gasteiger partial charge in [0.2, 0.25) is 11.3 Å². The van der Waals surface area contributed by atoms with Crippen LogP contribution < -0.4 is 15.5 Å². The summed E-state index contributed by atoms with van der Waals surface area (Å²) in [5.74, 6) is -1.58. The van der Waals surface area contributed by atoms with E-state index in [-0.39, 0.29) is 41.3 Å². The topological polar surface area (TPSA) is 114 Å². The predicted molar refractivity (Wildman–Crippen MR) is 119 cm³/mol. The molecule has 0 aliphatic heterocycles. The number of aromatic carboxylic acids is 1. The average Bonchev–Trinajstić information content (AvgIpc) is 2.75. The molecule has 2 atom stereocenters. The fourth-order valence-electron chi connectivity index (χ4n) is 3.61. The first-order valence-corrected chi connectivity index (χ1v) is 10.2. The normalized spacial score (nSPS) is 13.2. The molecule has 9 heteroatoms. The van der Waals surface area contributed by atoms with E-state index < -0.39 is 23.0 Å². The molecule has 0 saturated heterocycles. The number of methoxy groups -OCH3 is 1. The Balaban J connectivity index is 2.21. The van der Waals surface area contributed by atoms with Crippen LogP contribution in [0.15, 0.2) is 41.3 Å². The number of benzene rings is 1. The number of hydrogen-bond donors (Lipinski definition) is 3. The van der Waals surface area contributed by atoms with Gasteiger partial charge in [-0.3, -0.25) is 4.79 Å². The molecule has 32 heavy (non-hydrogen) atoms. The lowest BCUT2D eigenvalue weighted by molar-refractivity contribution is 0.0694. The molecule has 3 N–H and O–H groups in total. The lowest BCUT2D eigenvalue weighted by atomic mass is 10.0. The highest BCUT2D eigenvalue weighted by Crippen LogP contribution is 2.31. The van der Waals surface area contributed by atoms with Gasteiger partial charge in [0.15, 0.2) is 0 Å². The highest BCUT2D eigenvalue weighted by Gasteiger charge is 2.24. The van der Waals surface area contributed by atoms with Crippen molar-refractivity contribution in [2.75, 3.05) is 19.0 Å². The molecule has 2 aromatic heterocycles. The van der Waals surface area contributed by atoms with Crippen LogP contribution in [0, 0.1) is 11.7 Å². The number of carboxylic acids is 1. The van der Waals surface area contributed by atoms with Gasteiger partial charge < -0.3 is 24.8 Å². The Morgan fingerprint density at radius 2 is 1.91 bits per heavy atom. The molecule has 170 valence electrons. The number of ether oxygens (including phenoxy) is 1. The van der Waals surface area contributed by atoms with Gasteiger partial charge in [-0.05, 0) is 36.6 Å². The molecule has 0 unspecified atom stereocenters. The van der Waals surface area contributed by atoms with Crippen LogP contribution in [0.5, 0.6) is 5.88 Å². The van der Waals surface area contributed by atoms with Crippen molar-refractivity contribution in [3.8, 4) is 5.88 Å². The standard InChI is InChI=1S/C23H26FN3O5/c1-12(2)19(11-28)27-10-17(23(30)31)20(29)16-9-18(22(32-4)26-21(16)27)25-13(3)14-5-7-15(24)8-6-14/h5-10,12-13,19,25,28H,11H2,1-4H3,(H,30,31)/t13-,19-/m1/s1. The molecule has 3 aromatic rings. The van der Waals surface area contributed by atoms with E-state index >= 15 is 0 Å². The highest BCUT2D eigenvalue weighted by atomic mass is 19.1. The zero-order valence-corrected chi connectivity index (χ0v) is 18.3. The quantitative estimate of drug-likeness (QED) is 0.487. The number of pyridine rings is 2. The number of halogens is 1. The van der Waals surface area contributed by atoms with E-state index in [0.717, 1.165) is 5.56 Å². The maximum atomic E-state index is 13.3. The molecule has 2 heterocycles. The number of nitrogens with one attached hydrogen (secondary N) is 1. The van der Waals surface area contributed by atoms with Crippen molar-refractivity contribution < 1.29 is 24.1 Å². The molecular formula is C23H26FN3O5. The first kappa shape index (κ1) is 23.2. The van der Waals surface area contributed by atoms with Gasteiger partial charge in [-0.15, -0.1) is 0 Å². The molecule has 3 rings (SSSR count). The third kappa shape index (κ3) is 4.43. The van der Waals surface area contributed by atoms with Crippen LogP contribution >= 0.6 is 0 Å². The summed E-state index contributed by atoms with van der Waals surface area (Å²) >= 11 is 0. The number of aliphatic hydroxyl groups excluding tert-OH is 1. The molecule has 0 radical (unpaired) electrons. The number of aromatic nitrogens is 2. The summed E-state index contributed by atoms with van der Waals surface area (Å²) in [6.45, 7) is 5.34. The summed E-state index contributed by atoms with van der Waals surface area (Å²) in [5, 5.41) is 22.7. The number of fused-ring (bicyclic) bond motifs is 1. The molecule has 0 fully saturated rings. The van der Waals surface area contributed by atoms with Crippen LogP contribution in [0.2, 0.25) is 0 Å². The Kier molecular flexibility index (Phi) is 6.78. The summed E-state index contributed by atoms with van der Waals surface area (Å²) in [7, 11) is 1.43. The van der Waals surface area contributed by atoms with Gasteiger partial charge in [0.1, 0.15) is 17.0 Å². The van der Waals surface area contributed by atoms with E-state index in [1.165, 1.54) is 36.1 Å². The number of hydrogen-bond acceptors (Lipinski definition) is 6. The Hall–Kier alpha value is -3.46. The van der Waals surface area contributed by atoms with Crippen molar-refractivity contribution in [2.24, 2.45) is 5.92 Å². The average molecular weight is 443 g/mol. The van der Waals surface area contributed by atoms with Crippen LogP contribution in [-0.2, 0) is 0 Å². The summed E-state index contributed by atoms with van der Waals surface area (Å²) < 4.78 is 20.2. The summed E-state index contributed by atoms with van der Waals surface area (Å²) in [5.41, 5.74) is 0.293. The van der Waals surface area contributed by atoms with Crippen molar-refractivity contribution in [3.05, 3.63) is 63.7 Å².